The Morgan fingerprint density at radius 3 is 2.86 bits per heavy atom. The van der Waals surface area contributed by atoms with Crippen LogP contribution in [0.2, 0.25) is 0 Å². The zero-order valence-corrected chi connectivity index (χ0v) is 7.75. The van der Waals surface area contributed by atoms with Crippen LogP contribution in [0, 0.1) is 10.1 Å². The number of hydrogen-bond acceptors (Lipinski definition) is 5. The van der Waals surface area contributed by atoms with Gasteiger partial charge in [-0.2, -0.15) is 0 Å². The number of anilines is 1. The van der Waals surface area contributed by atoms with Crippen LogP contribution in [0.1, 0.15) is 0 Å². The zero-order valence-electron chi connectivity index (χ0n) is 7.75. The van der Waals surface area contributed by atoms with Gasteiger partial charge in [0.25, 0.3) is 0 Å². The van der Waals surface area contributed by atoms with Crippen molar-refractivity contribution in [2.24, 2.45) is 12.8 Å². The first-order valence-electron chi connectivity index (χ1n) is 4.26. The average molecular weight is 197 g/mol. The van der Waals surface area contributed by atoms with Gasteiger partial charge in [0.2, 0.25) is 5.82 Å². The van der Waals surface area contributed by atoms with Crippen molar-refractivity contribution in [1.29, 1.82) is 0 Å². The molecule has 2 rings (SSSR count). The summed E-state index contributed by atoms with van der Waals surface area (Å²) in [6.45, 7) is 1.27. The quantitative estimate of drug-likeness (QED) is 0.508. The standard InChI is InChI=1S/C7H11N5O2/c1-10-4-6(12(13)14)7(9-10)11-2-5(8)3-11/h4-5H,2-3,8H2,1H3. The molecular formula is C7H11N5O2. The minimum atomic E-state index is -0.424. The molecule has 0 bridgehead atoms. The van der Waals surface area contributed by atoms with E-state index in [9.17, 15) is 10.1 Å². The smallest absolute Gasteiger partial charge is 0.330 e. The monoisotopic (exact) mass is 197 g/mol. The lowest BCUT2D eigenvalue weighted by atomic mass is 10.1. The van der Waals surface area contributed by atoms with Crippen LogP contribution in [0.15, 0.2) is 6.20 Å². The van der Waals surface area contributed by atoms with Gasteiger partial charge in [-0.25, -0.2) is 0 Å². The van der Waals surface area contributed by atoms with Crippen LogP contribution in [0.4, 0.5) is 11.5 Å². The van der Waals surface area contributed by atoms with Gasteiger partial charge in [0.05, 0.1) is 4.92 Å². The van der Waals surface area contributed by atoms with Crippen molar-refractivity contribution in [2.75, 3.05) is 18.0 Å². The van der Waals surface area contributed by atoms with E-state index in [4.69, 9.17) is 5.73 Å². The molecule has 2 N–H and O–H groups in total. The third kappa shape index (κ3) is 1.31. The first kappa shape index (κ1) is 8.95. The molecule has 7 nitrogen and oxygen atoms in total. The molecule has 0 atom stereocenters. The summed E-state index contributed by atoms with van der Waals surface area (Å²) < 4.78 is 1.44. The van der Waals surface area contributed by atoms with Crippen LogP contribution in [-0.2, 0) is 7.05 Å². The summed E-state index contributed by atoms with van der Waals surface area (Å²) in [5.41, 5.74) is 5.63. The molecule has 14 heavy (non-hydrogen) atoms. The highest BCUT2D eigenvalue weighted by molar-refractivity contribution is 5.58. The highest BCUT2D eigenvalue weighted by Crippen LogP contribution is 2.28. The van der Waals surface area contributed by atoms with Gasteiger partial charge in [0.15, 0.2) is 0 Å². The van der Waals surface area contributed by atoms with Gasteiger partial charge in [-0.15, -0.1) is 5.10 Å². The van der Waals surface area contributed by atoms with Crippen molar-refractivity contribution in [3.05, 3.63) is 16.3 Å². The molecular weight excluding hydrogens is 186 g/mol. The van der Waals surface area contributed by atoms with Gasteiger partial charge < -0.3 is 10.6 Å². The number of aromatic nitrogens is 2. The van der Waals surface area contributed by atoms with E-state index in [2.05, 4.69) is 5.10 Å². The normalized spacial score (nSPS) is 16.9. The number of hydrogen-bond donors (Lipinski definition) is 1. The van der Waals surface area contributed by atoms with Crippen molar-refractivity contribution in [3.63, 3.8) is 0 Å². The Hall–Kier alpha value is -1.63. The Kier molecular flexibility index (Phi) is 1.88. The molecule has 76 valence electrons. The van der Waals surface area contributed by atoms with E-state index in [0.29, 0.717) is 18.9 Å². The molecule has 0 aliphatic carbocycles. The van der Waals surface area contributed by atoms with Crippen LogP contribution in [0.25, 0.3) is 0 Å². The van der Waals surface area contributed by atoms with E-state index in [1.165, 1.54) is 10.9 Å². The van der Waals surface area contributed by atoms with E-state index < -0.39 is 4.92 Å². The predicted octanol–water partition coefficient (Wildman–Crippen LogP) is -0.524. The molecule has 0 radical (unpaired) electrons. The number of nitrogens with zero attached hydrogens (tertiary/aromatic N) is 4. The van der Waals surface area contributed by atoms with Crippen molar-refractivity contribution in [3.8, 4) is 0 Å². The van der Waals surface area contributed by atoms with Gasteiger partial charge in [-0.05, 0) is 0 Å². The molecule has 0 amide bonds. The number of nitrogens with two attached hydrogens (primary N) is 1. The molecule has 0 aromatic carbocycles. The molecule has 1 aliphatic rings. The number of nitro groups is 1. The summed E-state index contributed by atoms with van der Waals surface area (Å²) in [6, 6.07) is 0.108. The number of aryl methyl sites for hydroxylation is 1. The Morgan fingerprint density at radius 2 is 2.36 bits per heavy atom. The van der Waals surface area contributed by atoms with Gasteiger partial charge in [-0.1, -0.05) is 0 Å². The molecule has 0 unspecified atom stereocenters. The highest BCUT2D eigenvalue weighted by Gasteiger charge is 2.31. The fourth-order valence-corrected chi connectivity index (χ4v) is 1.50. The second-order valence-corrected chi connectivity index (χ2v) is 3.43. The maximum Gasteiger partial charge on any atom is 0.330 e. The van der Waals surface area contributed by atoms with Crippen molar-refractivity contribution >= 4 is 11.5 Å². The Labute approximate surface area is 80.2 Å². The minimum Gasteiger partial charge on any atom is -0.346 e. The molecule has 0 spiro atoms. The second-order valence-electron chi connectivity index (χ2n) is 3.43. The maximum absolute atomic E-state index is 10.7. The summed E-state index contributed by atoms with van der Waals surface area (Å²) in [4.78, 5) is 12.0. The summed E-state index contributed by atoms with van der Waals surface area (Å²) in [5, 5.41) is 14.7. The highest BCUT2D eigenvalue weighted by atomic mass is 16.6. The first-order chi connectivity index (χ1) is 6.58. The minimum absolute atomic E-state index is 0.0411. The fraction of sp³-hybridized carbons (Fsp3) is 0.571. The first-order valence-corrected chi connectivity index (χ1v) is 4.26. The maximum atomic E-state index is 10.7. The fourth-order valence-electron chi connectivity index (χ4n) is 1.50. The van der Waals surface area contributed by atoms with Crippen molar-refractivity contribution in [2.45, 2.75) is 6.04 Å². The van der Waals surface area contributed by atoms with Gasteiger partial charge in [-0.3, -0.25) is 14.8 Å². The molecule has 1 saturated heterocycles. The summed E-state index contributed by atoms with van der Waals surface area (Å²) in [6.07, 6.45) is 1.40. The van der Waals surface area contributed by atoms with Gasteiger partial charge >= 0.3 is 5.69 Å². The Balaban J connectivity index is 2.28. The van der Waals surface area contributed by atoms with E-state index >= 15 is 0 Å². The van der Waals surface area contributed by atoms with Gasteiger partial charge in [0, 0.05) is 26.2 Å². The van der Waals surface area contributed by atoms with Crippen molar-refractivity contribution in [1.82, 2.24) is 9.78 Å². The lowest BCUT2D eigenvalue weighted by Gasteiger charge is -2.36. The summed E-state index contributed by atoms with van der Waals surface area (Å²) in [7, 11) is 1.66. The molecule has 0 saturated carbocycles. The van der Waals surface area contributed by atoms with E-state index in [1.54, 1.807) is 7.05 Å². The predicted molar refractivity (Wildman–Crippen MR) is 50.1 cm³/mol. The molecule has 7 heteroatoms. The van der Waals surface area contributed by atoms with Crippen LogP contribution in [0.5, 0.6) is 0 Å². The SMILES string of the molecule is Cn1cc([N+](=O)[O-])c(N2CC(N)C2)n1. The van der Waals surface area contributed by atoms with Crippen LogP contribution in [-0.4, -0.2) is 33.8 Å². The van der Waals surface area contributed by atoms with Crippen LogP contribution in [0.3, 0.4) is 0 Å². The van der Waals surface area contributed by atoms with Crippen LogP contribution < -0.4 is 10.6 Å². The lowest BCUT2D eigenvalue weighted by molar-refractivity contribution is -0.384. The summed E-state index contributed by atoms with van der Waals surface area (Å²) in [5.74, 6) is 0.416. The molecule has 1 aliphatic heterocycles. The third-order valence-electron chi connectivity index (χ3n) is 2.20. The number of rotatable bonds is 2. The van der Waals surface area contributed by atoms with E-state index in [0.717, 1.165) is 0 Å². The lowest BCUT2D eigenvalue weighted by Crippen LogP contribution is -2.56. The van der Waals surface area contributed by atoms with E-state index in [-0.39, 0.29) is 11.7 Å². The molecule has 2 heterocycles. The topological polar surface area (TPSA) is 90.2 Å². The molecule has 1 aromatic rings. The largest absolute Gasteiger partial charge is 0.346 e. The zero-order chi connectivity index (χ0) is 10.3. The van der Waals surface area contributed by atoms with Crippen LogP contribution >= 0.6 is 0 Å². The van der Waals surface area contributed by atoms with Crippen molar-refractivity contribution < 1.29 is 4.92 Å². The third-order valence-corrected chi connectivity index (χ3v) is 2.20. The second kappa shape index (κ2) is 2.95. The molecule has 1 aromatic heterocycles. The Morgan fingerprint density at radius 1 is 1.71 bits per heavy atom. The molecule has 1 fully saturated rings. The van der Waals surface area contributed by atoms with E-state index in [1.807, 2.05) is 4.90 Å². The Bertz CT molecular complexity index is 368. The van der Waals surface area contributed by atoms with Gasteiger partial charge in [0.1, 0.15) is 6.20 Å². The average Bonchev–Trinajstić information content (AvgIpc) is 2.41. The summed E-state index contributed by atoms with van der Waals surface area (Å²) >= 11 is 0.